The van der Waals surface area contributed by atoms with Crippen LogP contribution in [0, 0.1) is 0 Å². The van der Waals surface area contributed by atoms with Gasteiger partial charge in [-0.1, -0.05) is 55.5 Å². The van der Waals surface area contributed by atoms with E-state index in [1.54, 1.807) is 67.6 Å². The number of sulfonamides is 1. The highest BCUT2D eigenvalue weighted by molar-refractivity contribution is 7.92. The molecule has 0 unspecified atom stereocenters. The van der Waals surface area contributed by atoms with Crippen molar-refractivity contribution in [2.45, 2.75) is 20.3 Å². The highest BCUT2D eigenvalue weighted by atomic mass is 32.2. The lowest BCUT2D eigenvalue weighted by Gasteiger charge is -2.23. The molecular formula is C26H28N4O4S. The molecular weight excluding hydrogens is 464 g/mol. The highest BCUT2D eigenvalue weighted by Crippen LogP contribution is 2.23. The van der Waals surface area contributed by atoms with Gasteiger partial charge < -0.3 is 5.32 Å². The summed E-state index contributed by atoms with van der Waals surface area (Å²) in [6.07, 6.45) is 1.69. The molecule has 0 saturated carbocycles. The first-order chi connectivity index (χ1) is 16.7. The van der Waals surface area contributed by atoms with Crippen molar-refractivity contribution in [1.82, 2.24) is 5.43 Å². The first-order valence-corrected chi connectivity index (χ1v) is 12.9. The second kappa shape index (κ2) is 11.4. The zero-order valence-electron chi connectivity index (χ0n) is 19.9. The number of anilines is 2. The summed E-state index contributed by atoms with van der Waals surface area (Å²) in [6.45, 7) is 3.22. The summed E-state index contributed by atoms with van der Waals surface area (Å²) < 4.78 is 25.9. The molecule has 0 heterocycles. The molecule has 8 nitrogen and oxygen atoms in total. The van der Waals surface area contributed by atoms with Crippen molar-refractivity contribution in [2.24, 2.45) is 5.10 Å². The van der Waals surface area contributed by atoms with Crippen LogP contribution in [-0.2, 0) is 21.2 Å². The summed E-state index contributed by atoms with van der Waals surface area (Å²) >= 11 is 0. The number of carbonyl (C=O) groups excluding carboxylic acids is 2. The number of aryl methyl sites for hydroxylation is 1. The van der Waals surface area contributed by atoms with Crippen LogP contribution in [0.15, 0.2) is 84.0 Å². The average Bonchev–Trinajstić information content (AvgIpc) is 2.85. The fraction of sp³-hybridized carbons (Fsp3) is 0.192. The van der Waals surface area contributed by atoms with Crippen LogP contribution in [0.25, 0.3) is 0 Å². The van der Waals surface area contributed by atoms with Crippen LogP contribution >= 0.6 is 0 Å². The summed E-state index contributed by atoms with van der Waals surface area (Å²) in [5, 5.41) is 6.96. The van der Waals surface area contributed by atoms with E-state index in [-0.39, 0.29) is 5.91 Å². The van der Waals surface area contributed by atoms with Gasteiger partial charge in [-0.3, -0.25) is 13.9 Å². The first-order valence-electron chi connectivity index (χ1n) is 11.0. The molecule has 0 aliphatic carbocycles. The number of para-hydroxylation sites is 1. The number of rotatable bonds is 9. The molecule has 0 fully saturated rings. The van der Waals surface area contributed by atoms with Crippen LogP contribution in [0.3, 0.4) is 0 Å². The molecule has 35 heavy (non-hydrogen) atoms. The number of hydrogen-bond acceptors (Lipinski definition) is 5. The SMILES string of the molecule is CCc1ccccc1N(CC(=O)N/N=C(/C)c1cccc(NC(=O)c2ccccc2)c1)S(C)(=O)=O. The number of amides is 2. The molecule has 2 amide bonds. The Kier molecular flexibility index (Phi) is 8.38. The molecule has 0 aliphatic heterocycles. The standard InChI is InChI=1S/C26H28N4O4S/c1-4-20-11-8-9-16-24(20)30(35(3,33)34)18-25(31)29-28-19(2)22-14-10-15-23(17-22)27-26(32)21-12-6-5-7-13-21/h5-17H,4,18H2,1-3H3,(H,27,32)(H,29,31)/b28-19-. The predicted octanol–water partition coefficient (Wildman–Crippen LogP) is 3.81. The Balaban J connectivity index is 1.71. The van der Waals surface area contributed by atoms with E-state index in [0.29, 0.717) is 34.6 Å². The molecule has 0 atom stereocenters. The summed E-state index contributed by atoms with van der Waals surface area (Å²) in [5.74, 6) is -0.812. The van der Waals surface area contributed by atoms with Crippen molar-refractivity contribution in [3.05, 3.63) is 95.6 Å². The number of benzene rings is 3. The third-order valence-electron chi connectivity index (χ3n) is 5.25. The fourth-order valence-corrected chi connectivity index (χ4v) is 4.31. The Morgan fingerprint density at radius 2 is 1.57 bits per heavy atom. The van der Waals surface area contributed by atoms with Gasteiger partial charge in [0.1, 0.15) is 6.54 Å². The molecule has 0 radical (unpaired) electrons. The topological polar surface area (TPSA) is 108 Å². The van der Waals surface area contributed by atoms with E-state index in [4.69, 9.17) is 0 Å². The largest absolute Gasteiger partial charge is 0.322 e. The normalized spacial score (nSPS) is 11.6. The van der Waals surface area contributed by atoms with E-state index in [1.807, 2.05) is 25.1 Å². The number of hydrazone groups is 1. The molecule has 3 aromatic rings. The molecule has 0 aromatic heterocycles. The number of nitrogens with one attached hydrogen (secondary N) is 2. The Hall–Kier alpha value is -3.98. The number of nitrogens with zero attached hydrogens (tertiary/aromatic N) is 2. The van der Waals surface area contributed by atoms with Gasteiger partial charge in [0, 0.05) is 11.3 Å². The van der Waals surface area contributed by atoms with Crippen molar-refractivity contribution in [3.63, 3.8) is 0 Å². The van der Waals surface area contributed by atoms with Crippen LogP contribution in [0.4, 0.5) is 11.4 Å². The summed E-state index contributed by atoms with van der Waals surface area (Å²) in [5.41, 5.74) is 6.02. The van der Waals surface area contributed by atoms with Crippen LogP contribution in [0.5, 0.6) is 0 Å². The van der Waals surface area contributed by atoms with Crippen molar-refractivity contribution >= 4 is 38.9 Å². The molecule has 0 spiro atoms. The van der Waals surface area contributed by atoms with Crippen molar-refractivity contribution in [2.75, 3.05) is 22.4 Å². The Morgan fingerprint density at radius 3 is 2.26 bits per heavy atom. The maximum atomic E-state index is 12.6. The van der Waals surface area contributed by atoms with Gasteiger partial charge >= 0.3 is 0 Å². The van der Waals surface area contributed by atoms with Crippen molar-refractivity contribution < 1.29 is 18.0 Å². The zero-order chi connectivity index (χ0) is 25.4. The molecule has 3 rings (SSSR count). The second-order valence-electron chi connectivity index (χ2n) is 7.89. The summed E-state index contributed by atoms with van der Waals surface area (Å²) in [6, 6.07) is 23.0. The van der Waals surface area contributed by atoms with Crippen LogP contribution in [-0.4, -0.2) is 38.7 Å². The molecule has 0 saturated heterocycles. The maximum Gasteiger partial charge on any atom is 0.260 e. The third kappa shape index (κ3) is 7.00. The summed E-state index contributed by atoms with van der Waals surface area (Å²) in [4.78, 5) is 25.0. The second-order valence-corrected chi connectivity index (χ2v) is 9.79. The third-order valence-corrected chi connectivity index (χ3v) is 6.38. The van der Waals surface area contributed by atoms with E-state index in [1.165, 1.54) is 0 Å². The Labute approximate surface area is 205 Å². The Morgan fingerprint density at radius 1 is 0.914 bits per heavy atom. The molecule has 182 valence electrons. The minimum atomic E-state index is -3.69. The van der Waals surface area contributed by atoms with Gasteiger partial charge in [-0.15, -0.1) is 0 Å². The van der Waals surface area contributed by atoms with Gasteiger partial charge in [0.15, 0.2) is 0 Å². The molecule has 3 aromatic carbocycles. The van der Waals surface area contributed by atoms with Crippen LogP contribution in [0.2, 0.25) is 0 Å². The van der Waals surface area contributed by atoms with Crippen LogP contribution < -0.4 is 15.0 Å². The average molecular weight is 493 g/mol. The molecule has 0 aliphatic rings. The Bertz CT molecular complexity index is 1340. The van der Waals surface area contributed by atoms with Gasteiger partial charge in [0.25, 0.3) is 11.8 Å². The maximum absolute atomic E-state index is 12.6. The number of carbonyl (C=O) groups is 2. The quantitative estimate of drug-likeness (QED) is 0.350. The van der Waals surface area contributed by atoms with E-state index < -0.39 is 22.5 Å². The van der Waals surface area contributed by atoms with E-state index in [0.717, 1.165) is 16.1 Å². The smallest absolute Gasteiger partial charge is 0.260 e. The fourth-order valence-electron chi connectivity index (χ4n) is 3.43. The van der Waals surface area contributed by atoms with Crippen molar-refractivity contribution in [3.8, 4) is 0 Å². The van der Waals surface area contributed by atoms with E-state index in [9.17, 15) is 18.0 Å². The minimum absolute atomic E-state index is 0.237. The minimum Gasteiger partial charge on any atom is -0.322 e. The van der Waals surface area contributed by atoms with E-state index in [2.05, 4.69) is 15.8 Å². The van der Waals surface area contributed by atoms with Gasteiger partial charge in [0.2, 0.25) is 10.0 Å². The van der Waals surface area contributed by atoms with Crippen LogP contribution in [0.1, 0.15) is 35.3 Å². The highest BCUT2D eigenvalue weighted by Gasteiger charge is 2.22. The molecule has 9 heteroatoms. The first kappa shape index (κ1) is 25.6. The monoisotopic (exact) mass is 492 g/mol. The van der Waals surface area contributed by atoms with Gasteiger partial charge in [-0.25, -0.2) is 13.8 Å². The summed E-state index contributed by atoms with van der Waals surface area (Å²) in [7, 11) is -3.69. The number of hydrogen-bond donors (Lipinski definition) is 2. The predicted molar refractivity (Wildman–Crippen MR) is 139 cm³/mol. The van der Waals surface area contributed by atoms with Gasteiger partial charge in [-0.2, -0.15) is 5.10 Å². The lowest BCUT2D eigenvalue weighted by Crippen LogP contribution is -2.39. The zero-order valence-corrected chi connectivity index (χ0v) is 20.7. The van der Waals surface area contributed by atoms with Gasteiger partial charge in [-0.05, 0) is 54.8 Å². The lowest BCUT2D eigenvalue weighted by molar-refractivity contribution is -0.119. The van der Waals surface area contributed by atoms with Crippen molar-refractivity contribution in [1.29, 1.82) is 0 Å². The lowest BCUT2D eigenvalue weighted by atomic mass is 10.1. The molecule has 2 N–H and O–H groups in total. The van der Waals surface area contributed by atoms with E-state index >= 15 is 0 Å². The van der Waals surface area contributed by atoms with Gasteiger partial charge in [0.05, 0.1) is 17.7 Å². The molecule has 0 bridgehead atoms.